The van der Waals surface area contributed by atoms with Crippen molar-refractivity contribution in [3.8, 4) is 0 Å². The first kappa shape index (κ1) is 56.4. The predicted octanol–water partition coefficient (Wildman–Crippen LogP) is 16.3. The lowest BCUT2D eigenvalue weighted by molar-refractivity contribution is -0.167. The quantitative estimate of drug-likeness (QED) is 0.0263. The molecule has 0 spiro atoms. The Balaban J connectivity index is 4.42. The molecule has 0 radical (unpaired) electrons. The van der Waals surface area contributed by atoms with E-state index >= 15 is 0 Å². The second kappa shape index (κ2) is 48.0. The molecule has 6 nitrogen and oxygen atoms in total. The van der Waals surface area contributed by atoms with Crippen LogP contribution < -0.4 is 0 Å². The van der Waals surface area contributed by atoms with Crippen molar-refractivity contribution in [2.24, 2.45) is 0 Å². The lowest BCUT2D eigenvalue weighted by Crippen LogP contribution is -2.30. The van der Waals surface area contributed by atoms with Crippen molar-refractivity contribution in [2.75, 3.05) is 13.2 Å². The molecule has 0 aromatic carbocycles. The van der Waals surface area contributed by atoms with Gasteiger partial charge >= 0.3 is 17.9 Å². The zero-order chi connectivity index (χ0) is 43.0. The molecule has 342 valence electrons. The molecule has 0 saturated carbocycles. The number of carbonyl (C=O) groups is 3. The van der Waals surface area contributed by atoms with Crippen LogP contribution in [-0.2, 0) is 28.6 Å². The molecule has 0 saturated heterocycles. The molecule has 0 rings (SSSR count). The van der Waals surface area contributed by atoms with E-state index in [4.69, 9.17) is 14.2 Å². The molecule has 1 atom stereocenters. The Morgan fingerprint density at radius 2 is 0.627 bits per heavy atom. The third-order valence-electron chi connectivity index (χ3n) is 10.8. The summed E-state index contributed by atoms with van der Waals surface area (Å²) in [5.41, 5.74) is 0. The van der Waals surface area contributed by atoms with Crippen LogP contribution in [0, 0.1) is 0 Å². The topological polar surface area (TPSA) is 78.9 Å². The number of carbonyl (C=O) groups excluding carboxylic acids is 3. The largest absolute Gasteiger partial charge is 0.462 e. The minimum Gasteiger partial charge on any atom is -0.462 e. The molecule has 59 heavy (non-hydrogen) atoms. The Morgan fingerprint density at radius 3 is 1.08 bits per heavy atom. The summed E-state index contributed by atoms with van der Waals surface area (Å²) >= 11 is 0. The molecule has 0 unspecified atom stereocenters. The van der Waals surface area contributed by atoms with Gasteiger partial charge in [-0.25, -0.2) is 0 Å². The summed E-state index contributed by atoms with van der Waals surface area (Å²) in [4.78, 5) is 37.9. The van der Waals surface area contributed by atoms with E-state index in [-0.39, 0.29) is 31.1 Å². The molecule has 0 fully saturated rings. The fraction of sp³-hybridized carbons (Fsp3) is 0.792. The average molecular weight is 827 g/mol. The van der Waals surface area contributed by atoms with E-state index < -0.39 is 6.10 Å². The third-order valence-corrected chi connectivity index (χ3v) is 10.8. The highest BCUT2D eigenvalue weighted by molar-refractivity contribution is 5.71. The van der Waals surface area contributed by atoms with Crippen molar-refractivity contribution in [3.63, 3.8) is 0 Å². The van der Waals surface area contributed by atoms with E-state index in [2.05, 4.69) is 69.4 Å². The van der Waals surface area contributed by atoms with Crippen LogP contribution >= 0.6 is 0 Å². The number of rotatable bonds is 45. The Hall–Kier alpha value is -2.63. The fourth-order valence-electron chi connectivity index (χ4n) is 6.96. The zero-order valence-electron chi connectivity index (χ0n) is 39.0. The fourth-order valence-corrected chi connectivity index (χ4v) is 6.96. The molecule has 0 amide bonds. The van der Waals surface area contributed by atoms with Crippen molar-refractivity contribution in [1.29, 1.82) is 0 Å². The van der Waals surface area contributed by atoms with Crippen LogP contribution in [0.5, 0.6) is 0 Å². The molecular weight excluding hydrogens is 733 g/mol. The summed E-state index contributed by atoms with van der Waals surface area (Å²) < 4.78 is 16.7. The van der Waals surface area contributed by atoms with Gasteiger partial charge in [0.05, 0.1) is 0 Å². The molecule has 0 aromatic heterocycles. The van der Waals surface area contributed by atoms with E-state index in [0.29, 0.717) is 19.3 Å². The molecule has 0 aliphatic rings. The van der Waals surface area contributed by atoms with Gasteiger partial charge in [-0.3, -0.25) is 14.4 Å². The van der Waals surface area contributed by atoms with Crippen LogP contribution in [0.2, 0.25) is 0 Å². The van der Waals surface area contributed by atoms with Crippen molar-refractivity contribution in [3.05, 3.63) is 48.6 Å². The highest BCUT2D eigenvalue weighted by Gasteiger charge is 2.19. The maximum absolute atomic E-state index is 12.8. The average Bonchev–Trinajstić information content (AvgIpc) is 3.23. The first-order valence-electron chi connectivity index (χ1n) is 25.1. The van der Waals surface area contributed by atoms with Gasteiger partial charge in [-0.15, -0.1) is 0 Å². The van der Waals surface area contributed by atoms with Gasteiger partial charge in [0.15, 0.2) is 6.10 Å². The van der Waals surface area contributed by atoms with Crippen molar-refractivity contribution < 1.29 is 28.6 Å². The van der Waals surface area contributed by atoms with Crippen LogP contribution in [0.25, 0.3) is 0 Å². The first-order valence-corrected chi connectivity index (χ1v) is 25.1. The highest BCUT2D eigenvalue weighted by atomic mass is 16.6. The molecule has 0 aliphatic carbocycles. The van der Waals surface area contributed by atoms with Crippen LogP contribution in [0.3, 0.4) is 0 Å². The molecule has 0 N–H and O–H groups in total. The van der Waals surface area contributed by atoms with E-state index in [1.54, 1.807) is 0 Å². The minimum absolute atomic E-state index is 0.0877. The van der Waals surface area contributed by atoms with E-state index in [0.717, 1.165) is 77.0 Å². The first-order chi connectivity index (χ1) is 29.0. The number of allylic oxidation sites excluding steroid dienone is 8. The van der Waals surface area contributed by atoms with Gasteiger partial charge in [0.2, 0.25) is 0 Å². The van der Waals surface area contributed by atoms with Crippen molar-refractivity contribution in [2.45, 2.75) is 258 Å². The molecule has 6 heteroatoms. The number of ether oxygens (including phenoxy) is 3. The third kappa shape index (κ3) is 46.3. The Bertz CT molecular complexity index is 1040. The summed E-state index contributed by atoms with van der Waals surface area (Å²) in [7, 11) is 0. The van der Waals surface area contributed by atoms with Gasteiger partial charge in [-0.05, 0) is 77.0 Å². The zero-order valence-corrected chi connectivity index (χ0v) is 39.0. The van der Waals surface area contributed by atoms with Crippen LogP contribution in [0.15, 0.2) is 48.6 Å². The summed E-state index contributed by atoms with van der Waals surface area (Å²) in [6.07, 6.45) is 56.6. The second-order valence-corrected chi connectivity index (χ2v) is 16.7. The van der Waals surface area contributed by atoms with Crippen LogP contribution in [0.1, 0.15) is 252 Å². The Kier molecular flexibility index (Phi) is 45.9. The molecular formula is C53H94O6. The van der Waals surface area contributed by atoms with E-state index in [1.165, 1.54) is 135 Å². The Morgan fingerprint density at radius 1 is 0.339 bits per heavy atom. The van der Waals surface area contributed by atoms with E-state index in [9.17, 15) is 14.4 Å². The van der Waals surface area contributed by atoms with Gasteiger partial charge in [0.25, 0.3) is 0 Å². The lowest BCUT2D eigenvalue weighted by atomic mass is 10.0. The molecule has 0 aliphatic heterocycles. The molecule has 0 heterocycles. The Labute approximate surface area is 365 Å². The predicted molar refractivity (Wildman–Crippen MR) is 252 cm³/mol. The number of esters is 3. The number of hydrogen-bond donors (Lipinski definition) is 0. The van der Waals surface area contributed by atoms with Gasteiger partial charge in [0.1, 0.15) is 13.2 Å². The van der Waals surface area contributed by atoms with Crippen LogP contribution in [-0.4, -0.2) is 37.2 Å². The molecule has 0 bridgehead atoms. The number of unbranched alkanes of at least 4 members (excludes halogenated alkanes) is 26. The second-order valence-electron chi connectivity index (χ2n) is 16.7. The van der Waals surface area contributed by atoms with Gasteiger partial charge in [-0.2, -0.15) is 0 Å². The van der Waals surface area contributed by atoms with Gasteiger partial charge in [0, 0.05) is 19.3 Å². The van der Waals surface area contributed by atoms with Gasteiger partial charge in [-0.1, -0.05) is 204 Å². The summed E-state index contributed by atoms with van der Waals surface area (Å²) in [5, 5.41) is 0. The SMILES string of the molecule is CCCC/C=C\CCCCCCCC(=O)OC[C@@H](COC(=O)CCCC/C=C\C/C=C\C/C=C\CCCCC)OC(=O)CCCCCCCCCCCCCCCCC. The number of hydrogen-bond acceptors (Lipinski definition) is 6. The lowest BCUT2D eigenvalue weighted by Gasteiger charge is -2.18. The van der Waals surface area contributed by atoms with Crippen LogP contribution in [0.4, 0.5) is 0 Å². The van der Waals surface area contributed by atoms with E-state index in [1.807, 2.05) is 0 Å². The van der Waals surface area contributed by atoms with Crippen molar-refractivity contribution in [1.82, 2.24) is 0 Å². The highest BCUT2D eigenvalue weighted by Crippen LogP contribution is 2.15. The normalized spacial score (nSPS) is 12.4. The summed E-state index contributed by atoms with van der Waals surface area (Å²) in [6, 6.07) is 0. The van der Waals surface area contributed by atoms with Crippen molar-refractivity contribution >= 4 is 17.9 Å². The standard InChI is InChI=1S/C53H94O6/c1-4-7-10-13-16-19-22-24-26-28-31-34-37-40-43-46-52(55)58-49-50(48-57-51(54)45-42-39-36-33-30-21-18-15-12-9-6-3)59-53(56)47-44-41-38-35-32-29-27-25-23-20-17-14-11-8-5-2/h15-16,18-19,24,26,31,34,50H,4-14,17,20-23,25,27-30,32-33,35-49H2,1-3H3/b18-15-,19-16-,26-24-,34-31-/t50-/m0/s1. The summed E-state index contributed by atoms with van der Waals surface area (Å²) in [6.45, 7) is 6.54. The monoisotopic (exact) mass is 827 g/mol. The molecule has 0 aromatic rings. The minimum atomic E-state index is -0.787. The smallest absolute Gasteiger partial charge is 0.306 e. The maximum Gasteiger partial charge on any atom is 0.306 e. The van der Waals surface area contributed by atoms with Gasteiger partial charge < -0.3 is 14.2 Å². The summed E-state index contributed by atoms with van der Waals surface area (Å²) in [5.74, 6) is -0.930. The maximum atomic E-state index is 12.8.